The Morgan fingerprint density at radius 3 is 2.85 bits per heavy atom. The van der Waals surface area contributed by atoms with E-state index in [2.05, 4.69) is 15.1 Å². The molecule has 5 heteroatoms. The van der Waals surface area contributed by atoms with Crippen molar-refractivity contribution in [2.75, 3.05) is 7.11 Å². The normalized spacial score (nSPS) is 9.92. The summed E-state index contributed by atoms with van der Waals surface area (Å²) in [6.45, 7) is 0. The monoisotopic (exact) mass is 177 g/mol. The summed E-state index contributed by atoms with van der Waals surface area (Å²) < 4.78 is 9.71. The molecule has 0 N–H and O–H groups in total. The number of ether oxygens (including phenoxy) is 1. The van der Waals surface area contributed by atoms with Crippen molar-refractivity contribution in [2.24, 2.45) is 0 Å². The number of hydrogen-bond acceptors (Lipinski definition) is 5. The summed E-state index contributed by atoms with van der Waals surface area (Å²) in [5.74, 6) is 0.441. The lowest BCUT2D eigenvalue weighted by Gasteiger charge is -2.00. The molecule has 0 spiro atoms. The average Bonchev–Trinajstić information content (AvgIpc) is 2.70. The predicted octanol–water partition coefficient (Wildman–Crippen LogP) is 1.14. The van der Waals surface area contributed by atoms with Crippen molar-refractivity contribution in [1.82, 2.24) is 15.1 Å². The number of rotatable bonds is 2. The van der Waals surface area contributed by atoms with E-state index in [1.54, 1.807) is 18.5 Å². The highest BCUT2D eigenvalue weighted by Gasteiger charge is 2.09. The molecule has 0 aliphatic carbocycles. The molecule has 0 aliphatic rings. The molecule has 0 aliphatic heterocycles. The molecule has 0 atom stereocenters. The summed E-state index contributed by atoms with van der Waals surface area (Å²) >= 11 is 0. The Labute approximate surface area is 74.4 Å². The molecule has 0 saturated heterocycles. The molecule has 0 aromatic carbocycles. The summed E-state index contributed by atoms with van der Waals surface area (Å²) in [5, 5.41) is 3.74. The molecule has 5 nitrogen and oxygen atoms in total. The van der Waals surface area contributed by atoms with Crippen LogP contribution in [0.15, 0.2) is 29.2 Å². The van der Waals surface area contributed by atoms with Gasteiger partial charge in [0.05, 0.1) is 7.11 Å². The van der Waals surface area contributed by atoms with E-state index in [9.17, 15) is 0 Å². The van der Waals surface area contributed by atoms with Crippen LogP contribution in [0.5, 0.6) is 5.88 Å². The van der Waals surface area contributed by atoms with Gasteiger partial charge < -0.3 is 9.26 Å². The Bertz CT molecular complexity index is 386. The average molecular weight is 177 g/mol. The second-order valence-electron chi connectivity index (χ2n) is 2.30. The van der Waals surface area contributed by atoms with Crippen LogP contribution in [0.3, 0.4) is 0 Å². The SMILES string of the molecule is COc1nccnc1-c1ccon1. The molecule has 66 valence electrons. The van der Waals surface area contributed by atoms with Crippen LogP contribution in [-0.2, 0) is 0 Å². The van der Waals surface area contributed by atoms with Crippen molar-refractivity contribution in [2.45, 2.75) is 0 Å². The molecule has 2 heterocycles. The Morgan fingerprint density at radius 1 is 1.31 bits per heavy atom. The molecule has 13 heavy (non-hydrogen) atoms. The Balaban J connectivity index is 2.51. The van der Waals surface area contributed by atoms with Crippen molar-refractivity contribution in [3.63, 3.8) is 0 Å². The Morgan fingerprint density at radius 2 is 2.15 bits per heavy atom. The summed E-state index contributed by atoms with van der Waals surface area (Å²) in [5.41, 5.74) is 1.20. The minimum atomic E-state index is 0.441. The zero-order valence-corrected chi connectivity index (χ0v) is 6.97. The highest BCUT2D eigenvalue weighted by molar-refractivity contribution is 5.58. The fourth-order valence-corrected chi connectivity index (χ4v) is 0.985. The standard InChI is InChI=1S/C8H7N3O2/c1-12-8-7(9-3-4-10-8)6-2-5-13-11-6/h2-5H,1H3. The van der Waals surface area contributed by atoms with E-state index in [1.165, 1.54) is 13.4 Å². The maximum absolute atomic E-state index is 5.01. The third-order valence-corrected chi connectivity index (χ3v) is 1.54. The van der Waals surface area contributed by atoms with Gasteiger partial charge in [0.1, 0.15) is 12.0 Å². The van der Waals surface area contributed by atoms with E-state index in [0.717, 1.165) is 0 Å². The molecule has 0 unspecified atom stereocenters. The summed E-state index contributed by atoms with van der Waals surface area (Å²) in [4.78, 5) is 8.07. The quantitative estimate of drug-likeness (QED) is 0.688. The van der Waals surface area contributed by atoms with E-state index >= 15 is 0 Å². The molecule has 0 bridgehead atoms. The minimum Gasteiger partial charge on any atom is -0.479 e. The first-order valence-corrected chi connectivity index (χ1v) is 3.67. The minimum absolute atomic E-state index is 0.441. The van der Waals surface area contributed by atoms with E-state index in [-0.39, 0.29) is 0 Å². The Kier molecular flexibility index (Phi) is 1.91. The van der Waals surface area contributed by atoms with Crippen molar-refractivity contribution >= 4 is 0 Å². The number of methoxy groups -OCH3 is 1. The molecule has 2 aromatic rings. The van der Waals surface area contributed by atoms with Crippen molar-refractivity contribution in [1.29, 1.82) is 0 Å². The third-order valence-electron chi connectivity index (χ3n) is 1.54. The van der Waals surface area contributed by atoms with Crippen LogP contribution >= 0.6 is 0 Å². The van der Waals surface area contributed by atoms with Crippen LogP contribution in [0.25, 0.3) is 11.4 Å². The maximum atomic E-state index is 5.01. The number of nitrogens with zero attached hydrogens (tertiary/aromatic N) is 3. The van der Waals surface area contributed by atoms with Gasteiger partial charge in [-0.1, -0.05) is 5.16 Å². The summed E-state index contributed by atoms with van der Waals surface area (Å²) in [6.07, 6.45) is 4.61. The molecular weight excluding hydrogens is 170 g/mol. The van der Waals surface area contributed by atoms with Gasteiger partial charge in [-0.3, -0.25) is 0 Å². The van der Waals surface area contributed by atoms with Gasteiger partial charge in [0, 0.05) is 18.5 Å². The first-order valence-electron chi connectivity index (χ1n) is 3.67. The number of aromatic nitrogens is 3. The second kappa shape index (κ2) is 3.22. The van der Waals surface area contributed by atoms with E-state index < -0.39 is 0 Å². The van der Waals surface area contributed by atoms with Crippen LogP contribution in [0.1, 0.15) is 0 Å². The van der Waals surface area contributed by atoms with Gasteiger partial charge >= 0.3 is 0 Å². The highest BCUT2D eigenvalue weighted by Crippen LogP contribution is 2.22. The van der Waals surface area contributed by atoms with Gasteiger partial charge in [0.25, 0.3) is 0 Å². The molecule has 0 saturated carbocycles. The third kappa shape index (κ3) is 1.35. The molecular formula is C8H7N3O2. The van der Waals surface area contributed by atoms with Crippen LogP contribution in [0.2, 0.25) is 0 Å². The van der Waals surface area contributed by atoms with Crippen molar-refractivity contribution in [3.8, 4) is 17.3 Å². The summed E-state index contributed by atoms with van der Waals surface area (Å²) in [6, 6.07) is 1.70. The van der Waals surface area contributed by atoms with Crippen LogP contribution in [0.4, 0.5) is 0 Å². The lowest BCUT2D eigenvalue weighted by Crippen LogP contribution is -1.93. The zero-order valence-electron chi connectivity index (χ0n) is 6.97. The van der Waals surface area contributed by atoms with E-state index in [4.69, 9.17) is 9.26 Å². The van der Waals surface area contributed by atoms with E-state index in [1.807, 2.05) is 0 Å². The van der Waals surface area contributed by atoms with Crippen LogP contribution in [-0.4, -0.2) is 22.2 Å². The lowest BCUT2D eigenvalue weighted by molar-refractivity contribution is 0.395. The van der Waals surface area contributed by atoms with Gasteiger partial charge in [0.15, 0.2) is 5.69 Å². The van der Waals surface area contributed by atoms with E-state index in [0.29, 0.717) is 17.3 Å². The predicted molar refractivity (Wildman–Crippen MR) is 44.1 cm³/mol. The first kappa shape index (κ1) is 7.72. The molecule has 2 rings (SSSR count). The molecule has 0 amide bonds. The molecule has 0 radical (unpaired) electrons. The summed E-state index contributed by atoms with van der Waals surface area (Å²) in [7, 11) is 1.54. The number of hydrogen-bond donors (Lipinski definition) is 0. The van der Waals surface area contributed by atoms with Crippen LogP contribution < -0.4 is 4.74 Å². The highest BCUT2D eigenvalue weighted by atomic mass is 16.5. The Hall–Kier alpha value is -1.91. The topological polar surface area (TPSA) is 61.0 Å². The smallest absolute Gasteiger partial charge is 0.242 e. The van der Waals surface area contributed by atoms with Crippen LogP contribution in [0, 0.1) is 0 Å². The van der Waals surface area contributed by atoms with Gasteiger partial charge in [-0.25, -0.2) is 9.97 Å². The maximum Gasteiger partial charge on any atom is 0.242 e. The largest absolute Gasteiger partial charge is 0.479 e. The van der Waals surface area contributed by atoms with Gasteiger partial charge in [-0.2, -0.15) is 0 Å². The second-order valence-corrected chi connectivity index (χ2v) is 2.30. The van der Waals surface area contributed by atoms with Gasteiger partial charge in [-0.15, -0.1) is 0 Å². The fourth-order valence-electron chi connectivity index (χ4n) is 0.985. The first-order chi connectivity index (χ1) is 6.42. The molecule has 0 fully saturated rings. The van der Waals surface area contributed by atoms with Gasteiger partial charge in [0.2, 0.25) is 5.88 Å². The molecule has 2 aromatic heterocycles. The fraction of sp³-hybridized carbons (Fsp3) is 0.125. The van der Waals surface area contributed by atoms with Gasteiger partial charge in [-0.05, 0) is 0 Å². The van der Waals surface area contributed by atoms with Crippen molar-refractivity contribution < 1.29 is 9.26 Å². The zero-order chi connectivity index (χ0) is 9.10. The van der Waals surface area contributed by atoms with Crippen molar-refractivity contribution in [3.05, 3.63) is 24.7 Å². The lowest BCUT2D eigenvalue weighted by atomic mass is 10.3.